The zero-order valence-electron chi connectivity index (χ0n) is 23.0. The number of carbonyl (C=O) groups is 1. The van der Waals surface area contributed by atoms with Crippen molar-refractivity contribution in [3.8, 4) is 23.0 Å². The number of fused-ring (bicyclic) bond motifs is 1. The van der Waals surface area contributed by atoms with Gasteiger partial charge in [0.05, 0.1) is 17.0 Å². The molecule has 11 heteroatoms. The molecule has 10 nitrogen and oxygen atoms in total. The van der Waals surface area contributed by atoms with Gasteiger partial charge in [0.25, 0.3) is 5.91 Å². The van der Waals surface area contributed by atoms with Crippen molar-refractivity contribution in [2.45, 2.75) is 44.4 Å². The molecule has 2 aliphatic rings. The van der Waals surface area contributed by atoms with Crippen molar-refractivity contribution in [2.24, 2.45) is 0 Å². The highest BCUT2D eigenvalue weighted by Crippen LogP contribution is 2.39. The summed E-state index contributed by atoms with van der Waals surface area (Å²) in [6.07, 6.45) is 5.59. The lowest BCUT2D eigenvalue weighted by Gasteiger charge is -2.47. The molecule has 210 valence electrons. The van der Waals surface area contributed by atoms with E-state index in [1.165, 1.54) is 12.4 Å². The molecule has 2 saturated heterocycles. The number of piperazine rings is 1. The summed E-state index contributed by atoms with van der Waals surface area (Å²) in [5, 5.41) is 24.4. The van der Waals surface area contributed by atoms with E-state index in [1.807, 2.05) is 13.8 Å². The molecule has 2 fully saturated rings. The fourth-order valence-electron chi connectivity index (χ4n) is 5.97. The van der Waals surface area contributed by atoms with Crippen molar-refractivity contribution in [3.63, 3.8) is 0 Å². The Balaban J connectivity index is 1.45. The van der Waals surface area contributed by atoms with Crippen LogP contribution in [0.5, 0.6) is 0 Å². The maximum absolute atomic E-state index is 15.2. The number of benzene rings is 1. The zero-order valence-corrected chi connectivity index (χ0v) is 23.0. The molecule has 2 N–H and O–H groups in total. The summed E-state index contributed by atoms with van der Waals surface area (Å²) in [6.45, 7) is 6.07. The van der Waals surface area contributed by atoms with Crippen LogP contribution in [0.2, 0.25) is 0 Å². The third-order valence-corrected chi connectivity index (χ3v) is 8.20. The molecular weight excluding hydrogens is 523 g/mol. The highest BCUT2D eigenvalue weighted by molar-refractivity contribution is 6.02. The lowest BCUT2D eigenvalue weighted by Crippen LogP contribution is -2.64. The lowest BCUT2D eigenvalue weighted by molar-refractivity contribution is -0.157. The zero-order chi connectivity index (χ0) is 28.7. The number of amides is 1. The van der Waals surface area contributed by atoms with Gasteiger partial charge in [-0.05, 0) is 58.0 Å². The number of rotatable bonds is 4. The molecule has 5 heterocycles. The first-order valence-corrected chi connectivity index (χ1v) is 13.8. The number of nitrogens with one attached hydrogen (secondary N) is 1. The molecule has 0 unspecified atom stereocenters. The quantitative estimate of drug-likeness (QED) is 0.395. The second kappa shape index (κ2) is 10.5. The first-order valence-electron chi connectivity index (χ1n) is 13.8. The largest absolute Gasteiger partial charge is 0.380 e. The van der Waals surface area contributed by atoms with Gasteiger partial charge in [0.2, 0.25) is 0 Å². The van der Waals surface area contributed by atoms with Gasteiger partial charge in [0.1, 0.15) is 29.4 Å². The summed E-state index contributed by atoms with van der Waals surface area (Å²) >= 11 is 0. The summed E-state index contributed by atoms with van der Waals surface area (Å²) < 4.78 is 17.0. The van der Waals surface area contributed by atoms with Gasteiger partial charge in [0.15, 0.2) is 5.65 Å². The van der Waals surface area contributed by atoms with E-state index in [0.29, 0.717) is 78.4 Å². The van der Waals surface area contributed by atoms with Crippen molar-refractivity contribution in [1.82, 2.24) is 29.7 Å². The number of halogens is 1. The van der Waals surface area contributed by atoms with Crippen LogP contribution >= 0.6 is 0 Å². The van der Waals surface area contributed by atoms with E-state index >= 15 is 4.39 Å². The van der Waals surface area contributed by atoms with Crippen LogP contribution in [0.25, 0.3) is 28.0 Å². The van der Waals surface area contributed by atoms with Gasteiger partial charge < -0.3 is 20.2 Å². The van der Waals surface area contributed by atoms with Crippen LogP contribution in [0, 0.1) is 17.1 Å². The first-order chi connectivity index (χ1) is 19.8. The normalized spacial score (nSPS) is 20.7. The molecule has 4 aromatic rings. The first kappa shape index (κ1) is 26.8. The molecule has 6 rings (SSSR count). The van der Waals surface area contributed by atoms with Crippen LogP contribution in [0.4, 0.5) is 10.2 Å². The Bertz CT molecular complexity index is 1660. The molecule has 1 amide bonds. The van der Waals surface area contributed by atoms with Gasteiger partial charge in [-0.25, -0.2) is 19.3 Å². The third-order valence-electron chi connectivity index (χ3n) is 8.20. The van der Waals surface area contributed by atoms with Gasteiger partial charge in [0, 0.05) is 48.7 Å². The number of aromatic nitrogens is 4. The highest BCUT2D eigenvalue weighted by atomic mass is 19.1. The van der Waals surface area contributed by atoms with Crippen LogP contribution in [0.1, 0.15) is 32.3 Å². The number of carbonyl (C=O) groups excluding carboxylic acids is 1. The standard InChI is InChI=1S/C30H31FN8O2/c1-19-16-38(29(40)30(41)8-11-33-12-9-30)20(2)15-37(19)27-26-23(22-5-3-4-6-24(22)31)17-39(28(26)36-18-35-27)25-13-21(14-32)7-10-34-25/h3-7,10,13,17-20,33,41H,8-9,11-12,15-16H2,1-2H3/t19-,20+/m0/s1. The van der Waals surface area contributed by atoms with Crippen LogP contribution in [0.3, 0.4) is 0 Å². The van der Waals surface area contributed by atoms with Crippen LogP contribution in [-0.4, -0.2) is 79.3 Å². The van der Waals surface area contributed by atoms with Gasteiger partial charge in [-0.15, -0.1) is 0 Å². The lowest BCUT2D eigenvalue weighted by atomic mass is 9.89. The minimum absolute atomic E-state index is 0.143. The average Bonchev–Trinajstić information content (AvgIpc) is 3.38. The maximum atomic E-state index is 15.2. The molecule has 2 atom stereocenters. The van der Waals surface area contributed by atoms with E-state index in [4.69, 9.17) is 4.98 Å². The van der Waals surface area contributed by atoms with E-state index in [-0.39, 0.29) is 23.8 Å². The summed E-state index contributed by atoms with van der Waals surface area (Å²) in [6, 6.07) is 11.6. The number of nitriles is 1. The third kappa shape index (κ3) is 4.69. The SMILES string of the molecule is C[C@@H]1CN(c2ncnc3c2c(-c2ccccc2F)cn3-c2cc(C#N)ccn2)[C@@H](C)CN1C(=O)C1(O)CCNCC1. The fourth-order valence-corrected chi connectivity index (χ4v) is 5.97. The molecule has 1 aromatic carbocycles. The molecule has 41 heavy (non-hydrogen) atoms. The predicted molar refractivity (Wildman–Crippen MR) is 152 cm³/mol. The van der Waals surface area contributed by atoms with Gasteiger partial charge >= 0.3 is 0 Å². The van der Waals surface area contributed by atoms with Crippen LogP contribution in [0.15, 0.2) is 55.1 Å². The van der Waals surface area contributed by atoms with Crippen molar-refractivity contribution >= 4 is 22.8 Å². The molecular formula is C30H31FN8O2. The van der Waals surface area contributed by atoms with E-state index in [1.54, 1.807) is 52.2 Å². The van der Waals surface area contributed by atoms with E-state index in [0.717, 1.165) is 0 Å². The van der Waals surface area contributed by atoms with Gasteiger partial charge in [-0.2, -0.15) is 5.26 Å². The van der Waals surface area contributed by atoms with Crippen molar-refractivity contribution in [1.29, 1.82) is 5.26 Å². The molecule has 2 aliphatic heterocycles. The molecule has 0 bridgehead atoms. The Morgan fingerprint density at radius 3 is 2.63 bits per heavy atom. The smallest absolute Gasteiger partial charge is 0.255 e. The van der Waals surface area contributed by atoms with Crippen LogP contribution in [-0.2, 0) is 4.79 Å². The molecule has 0 aliphatic carbocycles. The number of hydrogen-bond donors (Lipinski definition) is 2. The van der Waals surface area contributed by atoms with E-state index in [9.17, 15) is 15.2 Å². The maximum Gasteiger partial charge on any atom is 0.255 e. The number of nitrogens with zero attached hydrogens (tertiary/aromatic N) is 7. The Labute approximate surface area is 237 Å². The summed E-state index contributed by atoms with van der Waals surface area (Å²) in [5.41, 5.74) is 0.603. The number of anilines is 1. The monoisotopic (exact) mass is 554 g/mol. The fraction of sp³-hybridized carbons (Fsp3) is 0.367. The van der Waals surface area contributed by atoms with Crippen LogP contribution < -0.4 is 10.2 Å². The van der Waals surface area contributed by atoms with Gasteiger partial charge in [-0.1, -0.05) is 18.2 Å². The summed E-state index contributed by atoms with van der Waals surface area (Å²) in [5.74, 6) is 0.489. The van der Waals surface area contributed by atoms with Crippen molar-refractivity contribution in [2.75, 3.05) is 31.1 Å². The Kier molecular flexibility index (Phi) is 6.89. The molecule has 3 aromatic heterocycles. The number of aliphatic hydroxyl groups is 1. The molecule has 0 saturated carbocycles. The number of hydrogen-bond acceptors (Lipinski definition) is 8. The highest BCUT2D eigenvalue weighted by Gasteiger charge is 2.44. The second-order valence-corrected chi connectivity index (χ2v) is 10.9. The number of pyridine rings is 1. The Hall–Kier alpha value is -4.40. The summed E-state index contributed by atoms with van der Waals surface area (Å²) in [4.78, 5) is 31.1. The van der Waals surface area contributed by atoms with Crippen molar-refractivity contribution in [3.05, 3.63) is 66.5 Å². The molecule has 0 radical (unpaired) electrons. The number of piperidine rings is 1. The minimum Gasteiger partial charge on any atom is -0.380 e. The van der Waals surface area contributed by atoms with E-state index in [2.05, 4.69) is 26.3 Å². The minimum atomic E-state index is -1.36. The Morgan fingerprint density at radius 1 is 1.10 bits per heavy atom. The Morgan fingerprint density at radius 2 is 1.88 bits per heavy atom. The summed E-state index contributed by atoms with van der Waals surface area (Å²) in [7, 11) is 0. The van der Waals surface area contributed by atoms with Gasteiger partial charge in [-0.3, -0.25) is 9.36 Å². The molecule has 0 spiro atoms. The average molecular weight is 555 g/mol. The predicted octanol–water partition coefficient (Wildman–Crippen LogP) is 3.03. The second-order valence-electron chi connectivity index (χ2n) is 10.9. The van der Waals surface area contributed by atoms with Crippen molar-refractivity contribution < 1.29 is 14.3 Å². The topological polar surface area (TPSA) is 123 Å². The van der Waals surface area contributed by atoms with E-state index < -0.39 is 5.60 Å².